The van der Waals surface area contributed by atoms with Crippen LogP contribution in [-0.2, 0) is 17.9 Å². The molecule has 0 atom stereocenters. The Morgan fingerprint density at radius 2 is 1.85 bits per heavy atom. The van der Waals surface area contributed by atoms with E-state index >= 15 is 0 Å². The van der Waals surface area contributed by atoms with Crippen molar-refractivity contribution in [2.75, 3.05) is 6.54 Å². The third-order valence-corrected chi connectivity index (χ3v) is 6.93. The smallest absolute Gasteiger partial charge is 0.306 e. The van der Waals surface area contributed by atoms with Crippen LogP contribution in [0.3, 0.4) is 0 Å². The largest absolute Gasteiger partial charge is 0.481 e. The summed E-state index contributed by atoms with van der Waals surface area (Å²) in [5.41, 5.74) is 2.49. The van der Waals surface area contributed by atoms with Crippen molar-refractivity contribution in [3.05, 3.63) is 78.0 Å². The molecule has 1 aliphatic rings. The van der Waals surface area contributed by atoms with Gasteiger partial charge in [0.15, 0.2) is 0 Å². The normalized spacial score (nSPS) is 18.7. The van der Waals surface area contributed by atoms with E-state index in [0.29, 0.717) is 24.6 Å². The zero-order valence-corrected chi connectivity index (χ0v) is 18.5. The number of rotatable bonds is 7. The molecule has 170 valence electrons. The lowest BCUT2D eigenvalue weighted by Gasteiger charge is -2.26. The van der Waals surface area contributed by atoms with E-state index in [1.807, 2.05) is 42.7 Å². The van der Waals surface area contributed by atoms with Crippen molar-refractivity contribution in [1.29, 1.82) is 0 Å². The number of hydrogen-bond donors (Lipinski definition) is 2. The second kappa shape index (κ2) is 9.32. The van der Waals surface area contributed by atoms with Crippen LogP contribution >= 0.6 is 0 Å². The fraction of sp³-hybridized carbons (Fsp3) is 0.333. The Bertz CT molecular complexity index is 1290. The highest BCUT2D eigenvalue weighted by Crippen LogP contribution is 2.29. The van der Waals surface area contributed by atoms with E-state index in [4.69, 9.17) is 0 Å². The summed E-state index contributed by atoms with van der Waals surface area (Å²) >= 11 is 0. The van der Waals surface area contributed by atoms with Crippen LogP contribution in [0.1, 0.15) is 36.9 Å². The number of aliphatic carboxylic acids is 1. The molecule has 0 aliphatic heterocycles. The average molecular weight is 446 g/mol. The Labute approximate surface area is 192 Å². The number of hydrogen-bond acceptors (Lipinski definition) is 3. The molecular formula is C27H28FN3O2. The van der Waals surface area contributed by atoms with Crippen LogP contribution < -0.4 is 5.32 Å². The van der Waals surface area contributed by atoms with E-state index in [9.17, 15) is 14.3 Å². The molecule has 6 heteroatoms. The van der Waals surface area contributed by atoms with Gasteiger partial charge in [-0.25, -0.2) is 4.39 Å². The van der Waals surface area contributed by atoms with Gasteiger partial charge in [0, 0.05) is 35.3 Å². The zero-order valence-electron chi connectivity index (χ0n) is 18.5. The van der Waals surface area contributed by atoms with Gasteiger partial charge in [-0.2, -0.15) is 0 Å². The monoisotopic (exact) mass is 445 g/mol. The molecule has 2 N–H and O–H groups in total. The number of aromatic nitrogens is 2. The van der Waals surface area contributed by atoms with E-state index in [1.54, 1.807) is 0 Å². The summed E-state index contributed by atoms with van der Waals surface area (Å²) < 4.78 is 17.0. The molecular weight excluding hydrogens is 417 g/mol. The maximum atomic E-state index is 14.9. The second-order valence-corrected chi connectivity index (χ2v) is 9.12. The van der Waals surface area contributed by atoms with E-state index in [0.717, 1.165) is 59.6 Å². The molecule has 0 spiro atoms. The van der Waals surface area contributed by atoms with Crippen molar-refractivity contribution >= 4 is 27.6 Å². The number of carbonyl (C=O) groups is 1. The number of benzene rings is 2. The Morgan fingerprint density at radius 1 is 1.06 bits per heavy atom. The quantitative estimate of drug-likeness (QED) is 0.402. The molecule has 0 saturated heterocycles. The van der Waals surface area contributed by atoms with Gasteiger partial charge < -0.3 is 15.0 Å². The standard InChI is InChI=1S/C27H28FN3O2/c28-25-10-9-19-11-12-31(17-23-13-21-3-1-2-4-22(21)15-30-23)26(19)24(25)16-29-14-18-5-7-20(8-6-18)27(32)33/h1-4,9-13,15,18,20,29H,5-8,14,16-17H2,(H,32,33). The van der Waals surface area contributed by atoms with Crippen molar-refractivity contribution in [3.8, 4) is 0 Å². The summed E-state index contributed by atoms with van der Waals surface area (Å²) in [5.74, 6) is -0.663. The van der Waals surface area contributed by atoms with Gasteiger partial charge in [-0.15, -0.1) is 0 Å². The third-order valence-electron chi connectivity index (χ3n) is 6.93. The first kappa shape index (κ1) is 21.6. The highest BCUT2D eigenvalue weighted by atomic mass is 19.1. The van der Waals surface area contributed by atoms with Gasteiger partial charge in [0.25, 0.3) is 0 Å². The van der Waals surface area contributed by atoms with Gasteiger partial charge in [0.05, 0.1) is 23.7 Å². The van der Waals surface area contributed by atoms with Crippen molar-refractivity contribution in [1.82, 2.24) is 14.9 Å². The molecule has 1 fully saturated rings. The minimum Gasteiger partial charge on any atom is -0.481 e. The van der Waals surface area contributed by atoms with Gasteiger partial charge >= 0.3 is 5.97 Å². The highest BCUT2D eigenvalue weighted by molar-refractivity contribution is 5.84. The topological polar surface area (TPSA) is 67.2 Å². The predicted molar refractivity (Wildman–Crippen MR) is 128 cm³/mol. The molecule has 0 amide bonds. The number of nitrogens with one attached hydrogen (secondary N) is 1. The molecule has 1 aliphatic carbocycles. The molecule has 0 bridgehead atoms. The maximum absolute atomic E-state index is 14.9. The fourth-order valence-corrected chi connectivity index (χ4v) is 5.05. The van der Waals surface area contributed by atoms with E-state index < -0.39 is 5.97 Å². The number of carboxylic acids is 1. The molecule has 0 unspecified atom stereocenters. The maximum Gasteiger partial charge on any atom is 0.306 e. The molecule has 0 radical (unpaired) electrons. The third kappa shape index (κ3) is 4.62. The summed E-state index contributed by atoms with van der Waals surface area (Å²) in [7, 11) is 0. The van der Waals surface area contributed by atoms with Crippen LogP contribution in [0.5, 0.6) is 0 Å². The summed E-state index contributed by atoms with van der Waals surface area (Å²) in [5, 5.41) is 15.9. The number of carboxylic acid groups (broad SMARTS) is 1. The van der Waals surface area contributed by atoms with Crippen LogP contribution in [-0.4, -0.2) is 27.2 Å². The van der Waals surface area contributed by atoms with Crippen LogP contribution in [0.15, 0.2) is 60.9 Å². The first-order valence-electron chi connectivity index (χ1n) is 11.6. The summed E-state index contributed by atoms with van der Waals surface area (Å²) in [6.45, 7) is 1.79. The molecule has 5 rings (SSSR count). The zero-order chi connectivity index (χ0) is 22.8. The fourth-order valence-electron chi connectivity index (χ4n) is 5.05. The van der Waals surface area contributed by atoms with Crippen molar-refractivity contribution in [2.24, 2.45) is 11.8 Å². The van der Waals surface area contributed by atoms with Crippen LogP contribution in [0.2, 0.25) is 0 Å². The Morgan fingerprint density at radius 3 is 2.64 bits per heavy atom. The lowest BCUT2D eigenvalue weighted by molar-refractivity contribution is -0.143. The summed E-state index contributed by atoms with van der Waals surface area (Å²) in [4.78, 5) is 15.8. The minimum atomic E-state index is -0.683. The predicted octanol–water partition coefficient (Wildman–Crippen LogP) is 5.36. The number of nitrogens with zero attached hydrogens (tertiary/aromatic N) is 2. The van der Waals surface area contributed by atoms with E-state index in [-0.39, 0.29) is 11.7 Å². The van der Waals surface area contributed by atoms with Crippen molar-refractivity contribution < 1.29 is 14.3 Å². The van der Waals surface area contributed by atoms with Gasteiger partial charge in [0.1, 0.15) is 5.82 Å². The Kier molecular flexibility index (Phi) is 6.09. The van der Waals surface area contributed by atoms with Gasteiger partial charge in [-0.3, -0.25) is 9.78 Å². The van der Waals surface area contributed by atoms with Gasteiger partial charge in [-0.1, -0.05) is 24.3 Å². The summed E-state index contributed by atoms with van der Waals surface area (Å²) in [6, 6.07) is 15.6. The molecule has 2 aromatic carbocycles. The van der Waals surface area contributed by atoms with Crippen LogP contribution in [0.25, 0.3) is 21.7 Å². The van der Waals surface area contributed by atoms with Crippen molar-refractivity contribution in [3.63, 3.8) is 0 Å². The first-order valence-corrected chi connectivity index (χ1v) is 11.6. The van der Waals surface area contributed by atoms with Gasteiger partial charge in [-0.05, 0) is 67.8 Å². The number of fused-ring (bicyclic) bond motifs is 2. The van der Waals surface area contributed by atoms with Crippen molar-refractivity contribution in [2.45, 2.75) is 38.8 Å². The molecule has 1 saturated carbocycles. The lowest BCUT2D eigenvalue weighted by atomic mass is 9.82. The Hall–Kier alpha value is -3.25. The van der Waals surface area contributed by atoms with E-state index in [1.165, 1.54) is 6.07 Å². The number of pyridine rings is 1. The van der Waals surface area contributed by atoms with Crippen LogP contribution in [0.4, 0.5) is 4.39 Å². The molecule has 4 aromatic rings. The average Bonchev–Trinajstić information content (AvgIpc) is 3.23. The van der Waals surface area contributed by atoms with E-state index in [2.05, 4.69) is 27.0 Å². The second-order valence-electron chi connectivity index (χ2n) is 9.12. The molecule has 5 nitrogen and oxygen atoms in total. The molecule has 33 heavy (non-hydrogen) atoms. The van der Waals surface area contributed by atoms with Crippen LogP contribution in [0, 0.1) is 17.7 Å². The summed E-state index contributed by atoms with van der Waals surface area (Å²) in [6.07, 6.45) is 7.15. The SMILES string of the molecule is O=C(O)C1CCC(CNCc2c(F)ccc3ccn(Cc4cc5ccccc5cn4)c23)CC1. The minimum absolute atomic E-state index is 0.209. The Balaban J connectivity index is 1.32. The molecule has 2 aromatic heterocycles. The molecule has 2 heterocycles. The lowest BCUT2D eigenvalue weighted by Crippen LogP contribution is -2.28. The number of halogens is 1. The highest BCUT2D eigenvalue weighted by Gasteiger charge is 2.25. The first-order chi connectivity index (χ1) is 16.1. The van der Waals surface area contributed by atoms with Gasteiger partial charge in [0.2, 0.25) is 0 Å².